The molecule has 0 bridgehead atoms. The Morgan fingerprint density at radius 2 is 1.73 bits per heavy atom. The Hall–Kier alpha value is -3.47. The van der Waals surface area contributed by atoms with Gasteiger partial charge in [0.2, 0.25) is 16.8 Å². The fourth-order valence-electron chi connectivity index (χ4n) is 4.21. The first-order chi connectivity index (χ1) is 17.9. The quantitative estimate of drug-likeness (QED) is 0.322. The zero-order chi connectivity index (χ0) is 26.0. The maximum atomic E-state index is 13.2. The molecule has 0 saturated heterocycles. The minimum atomic E-state index is -3.72. The van der Waals surface area contributed by atoms with Crippen LogP contribution in [0.2, 0.25) is 0 Å². The standard InChI is InChI=1S/C27H27N3O5S2/c1-3-14-30-22-15-23-24(35-18-34-23)16-25(22)36-27(30)28-26(31)20-10-12-21(13-11-20)37(32,33)29(4-2)17-19-8-6-5-7-9-19/h5-13,15-16H,3-4,14,17-18H2,1-2H3. The number of thiazole rings is 1. The highest BCUT2D eigenvalue weighted by atomic mass is 32.2. The summed E-state index contributed by atoms with van der Waals surface area (Å²) in [6, 6.07) is 19.3. The van der Waals surface area contributed by atoms with Crippen molar-refractivity contribution in [3.8, 4) is 11.5 Å². The van der Waals surface area contributed by atoms with Crippen molar-refractivity contribution in [2.24, 2.45) is 4.99 Å². The van der Waals surface area contributed by atoms with Crippen LogP contribution in [0.15, 0.2) is 76.6 Å². The van der Waals surface area contributed by atoms with E-state index in [1.54, 1.807) is 6.92 Å². The van der Waals surface area contributed by atoms with Crippen molar-refractivity contribution < 1.29 is 22.7 Å². The normalized spacial score (nSPS) is 13.5. The summed E-state index contributed by atoms with van der Waals surface area (Å²) in [6.45, 7) is 5.36. The van der Waals surface area contributed by atoms with Crippen LogP contribution in [-0.2, 0) is 23.1 Å². The van der Waals surface area contributed by atoms with E-state index in [1.165, 1.54) is 39.9 Å². The van der Waals surface area contributed by atoms with Gasteiger partial charge in [-0.1, -0.05) is 55.5 Å². The first-order valence-corrected chi connectivity index (χ1v) is 14.3. The van der Waals surface area contributed by atoms with Crippen molar-refractivity contribution in [2.75, 3.05) is 13.3 Å². The maximum absolute atomic E-state index is 13.2. The van der Waals surface area contributed by atoms with Crippen molar-refractivity contribution >= 4 is 37.5 Å². The van der Waals surface area contributed by atoms with E-state index < -0.39 is 15.9 Å². The van der Waals surface area contributed by atoms with Gasteiger partial charge in [-0.15, -0.1) is 0 Å². The third kappa shape index (κ3) is 5.04. The molecule has 0 radical (unpaired) electrons. The van der Waals surface area contributed by atoms with Crippen molar-refractivity contribution in [3.05, 3.63) is 82.7 Å². The number of hydrogen-bond donors (Lipinski definition) is 0. The Balaban J connectivity index is 1.43. The predicted molar refractivity (Wildman–Crippen MR) is 142 cm³/mol. The number of aromatic nitrogens is 1. The third-order valence-corrected chi connectivity index (χ3v) is 9.09. The molecule has 0 N–H and O–H groups in total. The lowest BCUT2D eigenvalue weighted by molar-refractivity contribution is 0.0997. The summed E-state index contributed by atoms with van der Waals surface area (Å²) in [4.78, 5) is 18.2. The first kappa shape index (κ1) is 25.2. The minimum Gasteiger partial charge on any atom is -0.454 e. The number of nitrogens with zero attached hydrogens (tertiary/aromatic N) is 3. The monoisotopic (exact) mass is 537 g/mol. The second-order valence-corrected chi connectivity index (χ2v) is 11.5. The van der Waals surface area contributed by atoms with E-state index in [2.05, 4.69) is 11.9 Å². The lowest BCUT2D eigenvalue weighted by Gasteiger charge is -2.20. The highest BCUT2D eigenvalue weighted by molar-refractivity contribution is 7.89. The van der Waals surface area contributed by atoms with E-state index in [-0.39, 0.29) is 18.2 Å². The van der Waals surface area contributed by atoms with Crippen LogP contribution in [0.5, 0.6) is 11.5 Å². The Morgan fingerprint density at radius 1 is 1.03 bits per heavy atom. The van der Waals surface area contributed by atoms with Gasteiger partial charge in [0.1, 0.15) is 0 Å². The summed E-state index contributed by atoms with van der Waals surface area (Å²) < 4.78 is 41.8. The molecule has 1 aliphatic rings. The molecule has 1 aliphatic heterocycles. The SMILES string of the molecule is CCCn1c(=NC(=O)c2ccc(S(=O)(=O)N(CC)Cc3ccccc3)cc2)sc2cc3c(cc21)OCO3. The van der Waals surface area contributed by atoms with Crippen LogP contribution >= 0.6 is 11.3 Å². The molecule has 10 heteroatoms. The number of hydrogen-bond acceptors (Lipinski definition) is 6. The summed E-state index contributed by atoms with van der Waals surface area (Å²) in [7, 11) is -3.72. The van der Waals surface area contributed by atoms with Gasteiger partial charge in [0.15, 0.2) is 16.3 Å². The number of amides is 1. The number of carbonyl (C=O) groups excluding carboxylic acids is 1. The molecule has 37 heavy (non-hydrogen) atoms. The van der Waals surface area contributed by atoms with Gasteiger partial charge in [0.25, 0.3) is 5.91 Å². The van der Waals surface area contributed by atoms with Crippen molar-refractivity contribution in [2.45, 2.75) is 38.3 Å². The number of fused-ring (bicyclic) bond motifs is 2. The van der Waals surface area contributed by atoms with Gasteiger partial charge in [-0.05, 0) is 36.2 Å². The lowest BCUT2D eigenvalue weighted by atomic mass is 10.2. The number of sulfonamides is 1. The number of benzene rings is 3. The molecule has 2 heterocycles. The smallest absolute Gasteiger partial charge is 0.279 e. The van der Waals surface area contributed by atoms with Crippen molar-refractivity contribution in [1.29, 1.82) is 0 Å². The third-order valence-electron chi connectivity index (χ3n) is 6.12. The highest BCUT2D eigenvalue weighted by Crippen LogP contribution is 2.37. The van der Waals surface area contributed by atoms with Gasteiger partial charge in [0, 0.05) is 37.3 Å². The van der Waals surface area contributed by atoms with Crippen LogP contribution < -0.4 is 14.3 Å². The van der Waals surface area contributed by atoms with E-state index in [0.29, 0.717) is 35.0 Å². The highest BCUT2D eigenvalue weighted by Gasteiger charge is 2.24. The Bertz CT molecular complexity index is 1610. The molecular weight excluding hydrogens is 510 g/mol. The molecule has 0 unspecified atom stereocenters. The van der Waals surface area contributed by atoms with Crippen LogP contribution in [0.4, 0.5) is 0 Å². The van der Waals surface area contributed by atoms with E-state index in [1.807, 2.05) is 47.0 Å². The minimum absolute atomic E-state index is 0.138. The number of aryl methyl sites for hydroxylation is 1. The molecule has 0 fully saturated rings. The fraction of sp³-hybridized carbons (Fsp3) is 0.259. The summed E-state index contributed by atoms with van der Waals surface area (Å²) in [5.41, 5.74) is 2.16. The van der Waals surface area contributed by atoms with Crippen molar-refractivity contribution in [1.82, 2.24) is 8.87 Å². The Kier molecular flexibility index (Phi) is 7.14. The first-order valence-electron chi connectivity index (χ1n) is 12.1. The predicted octanol–water partition coefficient (Wildman–Crippen LogP) is 4.79. The average molecular weight is 538 g/mol. The largest absolute Gasteiger partial charge is 0.454 e. The Morgan fingerprint density at radius 3 is 2.41 bits per heavy atom. The summed E-state index contributed by atoms with van der Waals surface area (Å²) in [5.74, 6) is 0.927. The average Bonchev–Trinajstić information content (AvgIpc) is 3.50. The van der Waals surface area contributed by atoms with Crippen LogP contribution in [0.3, 0.4) is 0 Å². The zero-order valence-corrected chi connectivity index (χ0v) is 22.2. The van der Waals surface area contributed by atoms with Crippen LogP contribution in [0.1, 0.15) is 36.2 Å². The van der Waals surface area contributed by atoms with Gasteiger partial charge in [-0.3, -0.25) is 4.79 Å². The van der Waals surface area contributed by atoms with Gasteiger partial charge < -0.3 is 14.0 Å². The molecule has 8 nitrogen and oxygen atoms in total. The van der Waals surface area contributed by atoms with Gasteiger partial charge in [-0.2, -0.15) is 9.30 Å². The van der Waals surface area contributed by atoms with Crippen LogP contribution in [-0.4, -0.2) is 36.5 Å². The van der Waals surface area contributed by atoms with Gasteiger partial charge >= 0.3 is 0 Å². The zero-order valence-electron chi connectivity index (χ0n) is 20.6. The molecule has 0 atom stereocenters. The van der Waals surface area contributed by atoms with E-state index in [0.717, 1.165) is 22.2 Å². The van der Waals surface area contributed by atoms with E-state index in [4.69, 9.17) is 9.47 Å². The number of ether oxygens (including phenoxy) is 2. The van der Waals surface area contributed by atoms with Crippen LogP contribution in [0.25, 0.3) is 10.2 Å². The van der Waals surface area contributed by atoms with Gasteiger partial charge in [0.05, 0.1) is 15.1 Å². The fourth-order valence-corrected chi connectivity index (χ4v) is 6.71. The second kappa shape index (κ2) is 10.5. The van der Waals surface area contributed by atoms with Crippen LogP contribution in [0, 0.1) is 0 Å². The molecule has 0 spiro atoms. The Labute approximate surface area is 219 Å². The second-order valence-electron chi connectivity index (χ2n) is 8.57. The summed E-state index contributed by atoms with van der Waals surface area (Å²) in [6.07, 6.45) is 0.866. The molecular formula is C27H27N3O5S2. The summed E-state index contributed by atoms with van der Waals surface area (Å²) in [5, 5.41) is 0. The molecule has 3 aromatic carbocycles. The molecule has 5 rings (SSSR count). The summed E-state index contributed by atoms with van der Waals surface area (Å²) >= 11 is 1.41. The number of rotatable bonds is 8. The topological polar surface area (TPSA) is 90.2 Å². The molecule has 1 aromatic heterocycles. The van der Waals surface area contributed by atoms with Gasteiger partial charge in [-0.25, -0.2) is 8.42 Å². The van der Waals surface area contributed by atoms with E-state index >= 15 is 0 Å². The lowest BCUT2D eigenvalue weighted by Crippen LogP contribution is -2.30. The number of carbonyl (C=O) groups is 1. The van der Waals surface area contributed by atoms with E-state index in [9.17, 15) is 13.2 Å². The molecule has 4 aromatic rings. The van der Waals surface area contributed by atoms with Crippen molar-refractivity contribution in [3.63, 3.8) is 0 Å². The molecule has 192 valence electrons. The molecule has 0 saturated carbocycles. The maximum Gasteiger partial charge on any atom is 0.279 e. The molecule has 1 amide bonds. The molecule has 0 aliphatic carbocycles.